The second-order valence-corrected chi connectivity index (χ2v) is 8.50. The van der Waals surface area contributed by atoms with E-state index in [0.29, 0.717) is 43.1 Å². The summed E-state index contributed by atoms with van der Waals surface area (Å²) in [5.41, 5.74) is 3.51. The Morgan fingerprint density at radius 2 is 1.89 bits per heavy atom. The van der Waals surface area contributed by atoms with E-state index in [1.54, 1.807) is 42.3 Å². The van der Waals surface area contributed by atoms with Crippen LogP contribution >= 0.6 is 0 Å². The molecule has 0 radical (unpaired) electrons. The van der Waals surface area contributed by atoms with Gasteiger partial charge in [0.25, 0.3) is 5.91 Å². The lowest BCUT2D eigenvalue weighted by Crippen LogP contribution is -2.45. The van der Waals surface area contributed by atoms with E-state index in [1.807, 2.05) is 19.1 Å². The summed E-state index contributed by atoms with van der Waals surface area (Å²) < 4.78 is 10.6. The van der Waals surface area contributed by atoms with Gasteiger partial charge in [-0.3, -0.25) is 9.59 Å². The van der Waals surface area contributed by atoms with E-state index in [9.17, 15) is 14.4 Å². The van der Waals surface area contributed by atoms with Crippen LogP contribution in [0.5, 0.6) is 0 Å². The van der Waals surface area contributed by atoms with Crippen LogP contribution in [0.3, 0.4) is 0 Å². The Balaban J connectivity index is 1.45. The molecule has 0 unspecified atom stereocenters. The minimum Gasteiger partial charge on any atom is -0.380 e. The predicted molar refractivity (Wildman–Crippen MR) is 132 cm³/mol. The average Bonchev–Trinajstić information content (AvgIpc) is 3.30. The van der Waals surface area contributed by atoms with Gasteiger partial charge in [0.05, 0.1) is 12.7 Å². The Hall–Kier alpha value is -3.87. The highest BCUT2D eigenvalue weighted by Gasteiger charge is 2.40. The van der Waals surface area contributed by atoms with Crippen molar-refractivity contribution < 1.29 is 23.9 Å². The number of benzene rings is 2. The van der Waals surface area contributed by atoms with Crippen molar-refractivity contribution in [3.63, 3.8) is 0 Å². The van der Waals surface area contributed by atoms with Crippen LogP contribution in [-0.4, -0.2) is 68.3 Å². The molecule has 2 saturated heterocycles. The second kappa shape index (κ2) is 10.6. The summed E-state index contributed by atoms with van der Waals surface area (Å²) in [5.74, 6) is 2.13. The molecule has 182 valence electrons. The zero-order valence-electron chi connectivity index (χ0n) is 19.7. The number of anilines is 3. The molecule has 9 nitrogen and oxygen atoms in total. The Bertz CT molecular complexity index is 1160. The van der Waals surface area contributed by atoms with Crippen molar-refractivity contribution in [2.75, 3.05) is 48.9 Å². The topological polar surface area (TPSA) is 100 Å². The molecule has 2 aliphatic rings. The van der Waals surface area contributed by atoms with Gasteiger partial charge in [-0.2, -0.15) is 0 Å². The van der Waals surface area contributed by atoms with Crippen molar-refractivity contribution >= 4 is 34.9 Å². The third-order valence-electron chi connectivity index (χ3n) is 6.20. The summed E-state index contributed by atoms with van der Waals surface area (Å²) in [4.78, 5) is 41.5. The Morgan fingerprint density at radius 3 is 2.54 bits per heavy atom. The summed E-state index contributed by atoms with van der Waals surface area (Å²) in [6.07, 6.45) is 5.51. The van der Waals surface area contributed by atoms with Crippen molar-refractivity contribution in [2.24, 2.45) is 0 Å². The van der Waals surface area contributed by atoms with Crippen molar-refractivity contribution in [1.82, 2.24) is 4.90 Å². The van der Waals surface area contributed by atoms with Crippen molar-refractivity contribution in [2.45, 2.75) is 25.5 Å². The molecule has 2 fully saturated rings. The molecule has 0 saturated carbocycles. The summed E-state index contributed by atoms with van der Waals surface area (Å²) in [6.45, 7) is 3.21. The van der Waals surface area contributed by atoms with Crippen LogP contribution in [-0.2, 0) is 19.1 Å². The van der Waals surface area contributed by atoms with E-state index in [2.05, 4.69) is 16.6 Å². The zero-order chi connectivity index (χ0) is 24.9. The molecule has 0 aliphatic carbocycles. The molecule has 2 heterocycles. The van der Waals surface area contributed by atoms with Gasteiger partial charge in [0, 0.05) is 49.2 Å². The molecular weight excluding hydrogens is 448 g/mol. The number of aryl methyl sites for hydroxylation is 1. The van der Waals surface area contributed by atoms with Gasteiger partial charge in [0.2, 0.25) is 5.91 Å². The van der Waals surface area contributed by atoms with Gasteiger partial charge in [0.15, 0.2) is 0 Å². The first-order chi connectivity index (χ1) is 16.9. The Kier molecular flexibility index (Phi) is 7.34. The predicted octanol–water partition coefficient (Wildman–Crippen LogP) is 2.60. The highest BCUT2D eigenvalue weighted by atomic mass is 16.5. The van der Waals surface area contributed by atoms with Crippen LogP contribution in [0.25, 0.3) is 0 Å². The molecule has 9 heteroatoms. The number of nitrogens with one attached hydrogen (secondary N) is 2. The van der Waals surface area contributed by atoms with E-state index in [-0.39, 0.29) is 24.5 Å². The number of carbonyl (C=O) groups excluding carboxylic acids is 3. The summed E-state index contributed by atoms with van der Waals surface area (Å²) >= 11 is 0. The van der Waals surface area contributed by atoms with Gasteiger partial charge < -0.3 is 29.9 Å². The van der Waals surface area contributed by atoms with E-state index < -0.39 is 12.1 Å². The Labute approximate surface area is 204 Å². The molecule has 2 atom stereocenters. The number of ether oxygens (including phenoxy) is 2. The molecule has 0 aromatic heterocycles. The van der Waals surface area contributed by atoms with Gasteiger partial charge >= 0.3 is 6.03 Å². The fraction of sp³-hybridized carbons (Fsp3) is 0.346. The molecule has 2 N–H and O–H groups in total. The lowest BCUT2D eigenvalue weighted by molar-refractivity contribution is -0.125. The molecule has 0 spiro atoms. The number of rotatable bonds is 5. The van der Waals surface area contributed by atoms with Gasteiger partial charge in [-0.15, -0.1) is 6.42 Å². The Morgan fingerprint density at radius 1 is 1.14 bits per heavy atom. The molecule has 4 amide bonds. The van der Waals surface area contributed by atoms with Crippen molar-refractivity contribution in [3.05, 3.63) is 53.6 Å². The third-order valence-corrected chi connectivity index (χ3v) is 6.20. The first-order valence-electron chi connectivity index (χ1n) is 11.4. The number of amides is 4. The number of carbonyl (C=O) groups is 3. The zero-order valence-corrected chi connectivity index (χ0v) is 19.7. The minimum atomic E-state index is -0.703. The first-order valence-corrected chi connectivity index (χ1v) is 11.4. The van der Waals surface area contributed by atoms with Gasteiger partial charge in [-0.25, -0.2) is 4.79 Å². The third kappa shape index (κ3) is 5.45. The van der Waals surface area contributed by atoms with Crippen LogP contribution in [0.4, 0.5) is 21.9 Å². The fourth-order valence-corrected chi connectivity index (χ4v) is 4.32. The van der Waals surface area contributed by atoms with Gasteiger partial charge in [-0.1, -0.05) is 5.92 Å². The van der Waals surface area contributed by atoms with Crippen LogP contribution in [0.15, 0.2) is 42.5 Å². The number of likely N-dealkylation sites (tertiary alicyclic amines) is 1. The average molecular weight is 477 g/mol. The van der Waals surface area contributed by atoms with Gasteiger partial charge in [0.1, 0.15) is 12.6 Å². The fourth-order valence-electron chi connectivity index (χ4n) is 4.32. The van der Waals surface area contributed by atoms with E-state index >= 15 is 0 Å². The maximum Gasteiger partial charge on any atom is 0.322 e. The van der Waals surface area contributed by atoms with Crippen LogP contribution in [0, 0.1) is 19.3 Å². The van der Waals surface area contributed by atoms with Gasteiger partial charge in [-0.05, 0) is 55.0 Å². The highest BCUT2D eigenvalue weighted by molar-refractivity contribution is 6.00. The molecule has 4 rings (SSSR count). The van der Waals surface area contributed by atoms with Crippen LogP contribution < -0.4 is 15.5 Å². The van der Waals surface area contributed by atoms with E-state index in [1.165, 1.54) is 4.90 Å². The monoisotopic (exact) mass is 476 g/mol. The number of hydrogen-bond acceptors (Lipinski definition) is 5. The SMILES string of the molecule is C#Cc1ccc(NC(=O)N2C[C@H](OC)C[C@@H]2C(=O)Nc2ccc(N3CCOCC3=O)c(C)c2)cc1. The lowest BCUT2D eigenvalue weighted by atomic mass is 10.1. The number of morpholine rings is 1. The summed E-state index contributed by atoms with van der Waals surface area (Å²) in [7, 11) is 1.56. The minimum absolute atomic E-state index is 0.0617. The maximum absolute atomic E-state index is 13.2. The van der Waals surface area contributed by atoms with Crippen molar-refractivity contribution in [1.29, 1.82) is 0 Å². The highest BCUT2D eigenvalue weighted by Crippen LogP contribution is 2.27. The smallest absolute Gasteiger partial charge is 0.322 e. The van der Waals surface area contributed by atoms with E-state index in [0.717, 1.165) is 11.3 Å². The summed E-state index contributed by atoms with van der Waals surface area (Å²) in [6, 6.07) is 11.2. The van der Waals surface area contributed by atoms with Crippen LogP contribution in [0.2, 0.25) is 0 Å². The molecule has 2 aromatic carbocycles. The van der Waals surface area contributed by atoms with Crippen molar-refractivity contribution in [3.8, 4) is 12.3 Å². The number of methoxy groups -OCH3 is 1. The molecule has 35 heavy (non-hydrogen) atoms. The largest absolute Gasteiger partial charge is 0.380 e. The normalized spacial score (nSPS) is 19.9. The number of nitrogens with zero attached hydrogens (tertiary/aromatic N) is 2. The van der Waals surface area contributed by atoms with E-state index in [4.69, 9.17) is 15.9 Å². The first kappa shape index (κ1) is 24.3. The number of urea groups is 1. The second-order valence-electron chi connectivity index (χ2n) is 8.50. The molecule has 2 aromatic rings. The molecule has 2 aliphatic heterocycles. The lowest BCUT2D eigenvalue weighted by Gasteiger charge is -2.28. The molecular formula is C26H28N4O5. The number of terminal acetylenes is 1. The van der Waals surface area contributed by atoms with Crippen LogP contribution in [0.1, 0.15) is 17.5 Å². The maximum atomic E-state index is 13.2. The summed E-state index contributed by atoms with van der Waals surface area (Å²) in [5, 5.41) is 5.73. The standard InChI is InChI=1S/C26H28N4O5/c1-4-18-5-7-19(8-6-18)28-26(33)30-15-21(34-3)14-23(30)25(32)27-20-9-10-22(17(2)13-20)29-11-12-35-16-24(29)31/h1,5-10,13,21,23H,11-12,14-16H2,2-3H3,(H,27,32)(H,28,33)/t21-,23-/m1/s1. The quantitative estimate of drug-likeness (QED) is 0.647. The number of hydrogen-bond donors (Lipinski definition) is 2. The molecule has 0 bridgehead atoms.